The minimum atomic E-state index is -0.589. The summed E-state index contributed by atoms with van der Waals surface area (Å²) in [5.41, 5.74) is 0.853. The van der Waals surface area contributed by atoms with Crippen molar-refractivity contribution in [3.8, 4) is 0 Å². The number of rotatable bonds is 4. The van der Waals surface area contributed by atoms with Gasteiger partial charge >= 0.3 is 0 Å². The van der Waals surface area contributed by atoms with Crippen molar-refractivity contribution in [2.75, 3.05) is 6.61 Å². The molecule has 4 heteroatoms. The smallest absolute Gasteiger partial charge is 0.251 e. The van der Waals surface area contributed by atoms with Gasteiger partial charge in [-0.3, -0.25) is 4.79 Å². The van der Waals surface area contributed by atoms with Gasteiger partial charge in [-0.25, -0.2) is 0 Å². The van der Waals surface area contributed by atoms with Crippen molar-refractivity contribution in [2.45, 2.75) is 32.7 Å². The van der Waals surface area contributed by atoms with Crippen LogP contribution in [-0.2, 0) is 0 Å². The molecule has 0 heterocycles. The molecule has 0 saturated carbocycles. The summed E-state index contributed by atoms with van der Waals surface area (Å²) in [5, 5.41) is 12.6. The summed E-state index contributed by atoms with van der Waals surface area (Å²) < 4.78 is 0. The van der Waals surface area contributed by atoms with E-state index in [9.17, 15) is 9.90 Å². The van der Waals surface area contributed by atoms with E-state index in [0.717, 1.165) is 5.56 Å². The van der Waals surface area contributed by atoms with Crippen LogP contribution >= 0.6 is 11.6 Å². The number of carbonyl (C=O) groups is 1. The molecule has 3 nitrogen and oxygen atoms in total. The average molecular weight is 256 g/mol. The van der Waals surface area contributed by atoms with Crippen molar-refractivity contribution in [1.82, 2.24) is 5.32 Å². The van der Waals surface area contributed by atoms with Crippen LogP contribution in [0.4, 0.5) is 0 Å². The highest BCUT2D eigenvalue weighted by molar-refractivity contribution is 6.31. The Morgan fingerprint density at radius 1 is 1.53 bits per heavy atom. The Labute approximate surface area is 107 Å². The normalized spacial score (nSPS) is 14.2. The third kappa shape index (κ3) is 3.45. The lowest BCUT2D eigenvalue weighted by molar-refractivity contribution is 0.0847. The van der Waals surface area contributed by atoms with Gasteiger partial charge in [-0.2, -0.15) is 0 Å². The zero-order valence-electron chi connectivity index (χ0n) is 10.4. The average Bonchev–Trinajstić information content (AvgIpc) is 2.32. The van der Waals surface area contributed by atoms with Crippen molar-refractivity contribution in [3.05, 3.63) is 34.3 Å². The second-order valence-electron chi connectivity index (χ2n) is 4.49. The van der Waals surface area contributed by atoms with Crippen LogP contribution in [0, 0.1) is 6.92 Å². The molecule has 17 heavy (non-hydrogen) atoms. The van der Waals surface area contributed by atoms with E-state index >= 15 is 0 Å². The Morgan fingerprint density at radius 2 is 2.18 bits per heavy atom. The highest BCUT2D eigenvalue weighted by atomic mass is 35.5. The largest absolute Gasteiger partial charge is 0.394 e. The summed E-state index contributed by atoms with van der Waals surface area (Å²) in [6.07, 6.45) is 0.662. The zero-order valence-corrected chi connectivity index (χ0v) is 11.1. The van der Waals surface area contributed by atoms with Crippen molar-refractivity contribution in [1.29, 1.82) is 0 Å². The molecule has 1 aromatic carbocycles. The lowest BCUT2D eigenvalue weighted by Crippen LogP contribution is -2.48. The Bertz CT molecular complexity index is 414. The molecule has 1 atom stereocenters. The molecule has 1 unspecified atom stereocenters. The molecule has 1 rings (SSSR count). The molecular weight excluding hydrogens is 238 g/mol. The maximum absolute atomic E-state index is 12.0. The van der Waals surface area contributed by atoms with Crippen LogP contribution in [-0.4, -0.2) is 23.2 Å². The Hall–Kier alpha value is -1.06. The number of aliphatic hydroxyl groups is 1. The van der Waals surface area contributed by atoms with E-state index in [-0.39, 0.29) is 12.5 Å². The number of halogens is 1. The van der Waals surface area contributed by atoms with E-state index in [1.165, 1.54) is 0 Å². The first-order valence-electron chi connectivity index (χ1n) is 5.61. The maximum atomic E-state index is 12.0. The van der Waals surface area contributed by atoms with Gasteiger partial charge in [0.15, 0.2) is 0 Å². The predicted molar refractivity (Wildman–Crippen MR) is 69.4 cm³/mol. The van der Waals surface area contributed by atoms with E-state index < -0.39 is 5.54 Å². The van der Waals surface area contributed by atoms with Crippen LogP contribution in [0.15, 0.2) is 18.2 Å². The topological polar surface area (TPSA) is 49.3 Å². The van der Waals surface area contributed by atoms with E-state index in [1.54, 1.807) is 25.1 Å². The number of hydrogen-bond donors (Lipinski definition) is 2. The molecule has 0 aliphatic rings. The SMILES string of the molecule is CCC(C)(CO)NC(=O)c1ccc(C)c(Cl)c1. The maximum Gasteiger partial charge on any atom is 0.251 e. The zero-order chi connectivity index (χ0) is 13.1. The van der Waals surface area contributed by atoms with Crippen LogP contribution in [0.3, 0.4) is 0 Å². The minimum Gasteiger partial charge on any atom is -0.394 e. The highest BCUT2D eigenvalue weighted by Crippen LogP contribution is 2.17. The number of aryl methyl sites for hydroxylation is 1. The molecule has 0 radical (unpaired) electrons. The molecule has 0 spiro atoms. The number of benzene rings is 1. The van der Waals surface area contributed by atoms with Crippen molar-refractivity contribution in [2.24, 2.45) is 0 Å². The predicted octanol–water partition coefficient (Wildman–Crippen LogP) is 2.54. The molecule has 0 aromatic heterocycles. The number of aliphatic hydroxyl groups excluding tert-OH is 1. The third-order valence-electron chi connectivity index (χ3n) is 2.98. The molecule has 0 aliphatic carbocycles. The fourth-order valence-corrected chi connectivity index (χ4v) is 1.50. The summed E-state index contributed by atoms with van der Waals surface area (Å²) in [6.45, 7) is 5.52. The number of carbonyl (C=O) groups excluding carboxylic acids is 1. The van der Waals surface area contributed by atoms with E-state index in [2.05, 4.69) is 5.32 Å². The number of hydrogen-bond acceptors (Lipinski definition) is 2. The first kappa shape index (κ1) is 14.0. The van der Waals surface area contributed by atoms with Gasteiger partial charge < -0.3 is 10.4 Å². The van der Waals surface area contributed by atoms with Crippen molar-refractivity contribution < 1.29 is 9.90 Å². The fraction of sp³-hybridized carbons (Fsp3) is 0.462. The van der Waals surface area contributed by atoms with E-state index in [4.69, 9.17) is 11.6 Å². The molecule has 0 bridgehead atoms. The van der Waals surface area contributed by atoms with Crippen LogP contribution < -0.4 is 5.32 Å². The Kier molecular flexibility index (Phi) is 4.54. The quantitative estimate of drug-likeness (QED) is 0.869. The van der Waals surface area contributed by atoms with Crippen LogP contribution in [0.25, 0.3) is 0 Å². The summed E-state index contributed by atoms with van der Waals surface area (Å²) in [5.74, 6) is -0.217. The van der Waals surface area contributed by atoms with Gasteiger partial charge in [-0.15, -0.1) is 0 Å². The summed E-state index contributed by atoms with van der Waals surface area (Å²) in [6, 6.07) is 5.17. The summed E-state index contributed by atoms with van der Waals surface area (Å²) >= 11 is 5.97. The van der Waals surface area contributed by atoms with Gasteiger partial charge in [0.2, 0.25) is 0 Å². The van der Waals surface area contributed by atoms with Gasteiger partial charge in [-0.05, 0) is 38.0 Å². The van der Waals surface area contributed by atoms with Crippen molar-refractivity contribution in [3.63, 3.8) is 0 Å². The van der Waals surface area contributed by atoms with E-state index in [0.29, 0.717) is 17.0 Å². The lowest BCUT2D eigenvalue weighted by atomic mass is 9.99. The first-order chi connectivity index (χ1) is 7.91. The van der Waals surface area contributed by atoms with Crippen LogP contribution in [0.1, 0.15) is 36.2 Å². The second kappa shape index (κ2) is 5.52. The molecular formula is C13H18ClNO2. The van der Waals surface area contributed by atoms with Crippen LogP contribution in [0.5, 0.6) is 0 Å². The summed E-state index contributed by atoms with van der Waals surface area (Å²) in [7, 11) is 0. The third-order valence-corrected chi connectivity index (χ3v) is 3.39. The Morgan fingerprint density at radius 3 is 2.65 bits per heavy atom. The molecule has 2 N–H and O–H groups in total. The fourth-order valence-electron chi connectivity index (χ4n) is 1.32. The van der Waals surface area contributed by atoms with Crippen molar-refractivity contribution >= 4 is 17.5 Å². The number of nitrogens with one attached hydrogen (secondary N) is 1. The van der Waals surface area contributed by atoms with Crippen LogP contribution in [0.2, 0.25) is 5.02 Å². The van der Waals surface area contributed by atoms with Gasteiger partial charge in [0.25, 0.3) is 5.91 Å². The molecule has 94 valence electrons. The highest BCUT2D eigenvalue weighted by Gasteiger charge is 2.23. The standard InChI is InChI=1S/C13H18ClNO2/c1-4-13(3,8-16)15-12(17)10-6-5-9(2)11(14)7-10/h5-7,16H,4,8H2,1-3H3,(H,15,17). The molecule has 0 aliphatic heterocycles. The first-order valence-corrected chi connectivity index (χ1v) is 5.99. The monoisotopic (exact) mass is 255 g/mol. The van der Waals surface area contributed by atoms with Gasteiger partial charge in [-0.1, -0.05) is 24.6 Å². The molecule has 1 aromatic rings. The van der Waals surface area contributed by atoms with Gasteiger partial charge in [0.1, 0.15) is 0 Å². The minimum absolute atomic E-state index is 0.0885. The van der Waals surface area contributed by atoms with Gasteiger partial charge in [0, 0.05) is 10.6 Å². The molecule has 0 saturated heterocycles. The second-order valence-corrected chi connectivity index (χ2v) is 4.90. The van der Waals surface area contributed by atoms with E-state index in [1.807, 2.05) is 13.8 Å². The lowest BCUT2D eigenvalue weighted by Gasteiger charge is -2.27. The Balaban J connectivity index is 2.86. The molecule has 1 amide bonds. The van der Waals surface area contributed by atoms with Gasteiger partial charge in [0.05, 0.1) is 12.1 Å². The summed E-state index contributed by atoms with van der Waals surface area (Å²) in [4.78, 5) is 12.0. The molecule has 0 fully saturated rings. The number of amides is 1.